The highest BCUT2D eigenvalue weighted by Gasteiger charge is 2.26. The zero-order chi connectivity index (χ0) is 10.8. The summed E-state index contributed by atoms with van der Waals surface area (Å²) in [6.07, 6.45) is -0.204. The number of hydrogen-bond acceptors (Lipinski definition) is 4. The Bertz CT molecular complexity index is 234. The Balaban J connectivity index is 2.42. The van der Waals surface area contributed by atoms with Gasteiger partial charge in [-0.25, -0.2) is 4.79 Å². The largest absolute Gasteiger partial charge is 0.442 e. The molecule has 0 aromatic carbocycles. The summed E-state index contributed by atoms with van der Waals surface area (Å²) in [5.41, 5.74) is -0.540. The van der Waals surface area contributed by atoms with Gasteiger partial charge in [0.2, 0.25) is 0 Å². The lowest BCUT2D eigenvalue weighted by atomic mass is 10.2. The van der Waals surface area contributed by atoms with Crippen molar-refractivity contribution in [3.05, 3.63) is 0 Å². The topological polar surface area (TPSA) is 55.8 Å². The molecule has 0 aliphatic carbocycles. The first-order valence-electron chi connectivity index (χ1n) is 4.53. The Morgan fingerprint density at radius 1 is 1.50 bits per heavy atom. The van der Waals surface area contributed by atoms with E-state index >= 15 is 0 Å². The fourth-order valence-corrected chi connectivity index (χ4v) is 0.970. The van der Waals surface area contributed by atoms with Crippen LogP contribution in [0.25, 0.3) is 0 Å². The van der Waals surface area contributed by atoms with E-state index in [1.165, 1.54) is 0 Å². The summed E-state index contributed by atoms with van der Waals surface area (Å²) in [6.45, 7) is 5.56. The Morgan fingerprint density at radius 3 is 2.57 bits per heavy atom. The molecule has 0 spiro atoms. The van der Waals surface area contributed by atoms with Gasteiger partial charge in [0.15, 0.2) is 5.78 Å². The molecule has 1 saturated heterocycles. The van der Waals surface area contributed by atoms with Crippen LogP contribution in [-0.4, -0.2) is 35.7 Å². The number of Topliss-reactive ketones (excluding diaryl/α,β-unsaturated/α-hetero) is 1. The molecular weight excluding hydrogens is 186 g/mol. The number of ketones is 1. The molecule has 1 aliphatic rings. The van der Waals surface area contributed by atoms with Crippen molar-refractivity contribution < 1.29 is 19.2 Å². The van der Waals surface area contributed by atoms with E-state index in [0.29, 0.717) is 6.42 Å². The van der Waals surface area contributed by atoms with Crippen LogP contribution in [0.4, 0.5) is 4.79 Å². The van der Waals surface area contributed by atoms with Crippen molar-refractivity contribution in [2.75, 3.05) is 13.2 Å². The molecule has 14 heavy (non-hydrogen) atoms. The third-order valence-electron chi connectivity index (χ3n) is 1.57. The quantitative estimate of drug-likeness (QED) is 0.589. The first-order chi connectivity index (χ1) is 6.38. The van der Waals surface area contributed by atoms with Gasteiger partial charge in [0.1, 0.15) is 12.2 Å². The van der Waals surface area contributed by atoms with E-state index in [-0.39, 0.29) is 18.9 Å². The van der Waals surface area contributed by atoms with Gasteiger partial charge >= 0.3 is 6.09 Å². The van der Waals surface area contributed by atoms with E-state index < -0.39 is 11.7 Å². The Kier molecular flexibility index (Phi) is 3.10. The lowest BCUT2D eigenvalue weighted by Crippen LogP contribution is -2.42. The number of hydrogen-bond donors (Lipinski definition) is 0. The van der Waals surface area contributed by atoms with E-state index in [9.17, 15) is 9.59 Å². The maximum Gasteiger partial charge on any atom is 0.434 e. The summed E-state index contributed by atoms with van der Waals surface area (Å²) in [7, 11) is 0. The van der Waals surface area contributed by atoms with Crippen molar-refractivity contribution in [2.45, 2.75) is 32.8 Å². The smallest absolute Gasteiger partial charge is 0.434 e. The minimum absolute atomic E-state index is 0.00445. The average Bonchev–Trinajstić information content (AvgIpc) is 2.02. The van der Waals surface area contributed by atoms with Gasteiger partial charge in [0.25, 0.3) is 0 Å². The maximum absolute atomic E-state index is 11.4. The number of carbonyl (C=O) groups excluding carboxylic acids is 2. The second kappa shape index (κ2) is 3.96. The molecule has 1 fully saturated rings. The highest BCUT2D eigenvalue weighted by molar-refractivity contribution is 5.81. The fraction of sp³-hybridized carbons (Fsp3) is 0.778. The fourth-order valence-electron chi connectivity index (χ4n) is 0.970. The summed E-state index contributed by atoms with van der Waals surface area (Å²) >= 11 is 0. The van der Waals surface area contributed by atoms with Crippen LogP contribution >= 0.6 is 0 Å². The predicted molar refractivity (Wildman–Crippen MR) is 48.5 cm³/mol. The lowest BCUT2D eigenvalue weighted by Gasteiger charge is -2.28. The van der Waals surface area contributed by atoms with Crippen molar-refractivity contribution >= 4 is 11.9 Å². The molecule has 1 rings (SSSR count). The van der Waals surface area contributed by atoms with E-state index in [0.717, 1.165) is 5.06 Å². The SMILES string of the molecule is CC(C)(C)OC(=O)N1CCC(=O)CO1. The summed E-state index contributed by atoms with van der Waals surface area (Å²) in [5, 5.41) is 1.09. The van der Waals surface area contributed by atoms with Gasteiger partial charge in [-0.15, -0.1) is 0 Å². The summed E-state index contributed by atoms with van der Waals surface area (Å²) in [6, 6.07) is 0. The molecule has 0 aromatic rings. The molecule has 1 heterocycles. The number of hydroxylamine groups is 2. The van der Waals surface area contributed by atoms with E-state index in [2.05, 4.69) is 0 Å². The molecule has 0 radical (unpaired) electrons. The third-order valence-corrected chi connectivity index (χ3v) is 1.57. The van der Waals surface area contributed by atoms with Gasteiger partial charge < -0.3 is 4.74 Å². The Labute approximate surface area is 82.9 Å². The van der Waals surface area contributed by atoms with E-state index in [1.807, 2.05) is 0 Å². The molecule has 1 amide bonds. The van der Waals surface area contributed by atoms with E-state index in [4.69, 9.17) is 9.57 Å². The van der Waals surface area contributed by atoms with Crippen LogP contribution in [0.1, 0.15) is 27.2 Å². The lowest BCUT2D eigenvalue weighted by molar-refractivity contribution is -0.174. The molecule has 1 aliphatic heterocycles. The van der Waals surface area contributed by atoms with Gasteiger partial charge in [-0.1, -0.05) is 0 Å². The average molecular weight is 201 g/mol. The van der Waals surface area contributed by atoms with Crippen LogP contribution < -0.4 is 0 Å². The second-order valence-electron chi connectivity index (χ2n) is 4.14. The maximum atomic E-state index is 11.4. The number of carbonyl (C=O) groups is 2. The molecule has 0 bridgehead atoms. The highest BCUT2D eigenvalue weighted by Crippen LogP contribution is 2.12. The van der Waals surface area contributed by atoms with Crippen molar-refractivity contribution in [1.82, 2.24) is 5.06 Å². The van der Waals surface area contributed by atoms with Gasteiger partial charge in [0, 0.05) is 6.42 Å². The van der Waals surface area contributed by atoms with Gasteiger partial charge in [-0.2, -0.15) is 5.06 Å². The Morgan fingerprint density at radius 2 is 2.14 bits per heavy atom. The van der Waals surface area contributed by atoms with Crippen LogP contribution in [0.3, 0.4) is 0 Å². The number of nitrogens with zero attached hydrogens (tertiary/aromatic N) is 1. The summed E-state index contributed by atoms with van der Waals surface area (Å²) < 4.78 is 5.06. The van der Waals surface area contributed by atoms with Crippen LogP contribution in [-0.2, 0) is 14.4 Å². The molecule has 80 valence electrons. The molecule has 5 nitrogen and oxygen atoms in total. The van der Waals surface area contributed by atoms with Crippen molar-refractivity contribution in [1.29, 1.82) is 0 Å². The minimum Gasteiger partial charge on any atom is -0.442 e. The van der Waals surface area contributed by atoms with Crippen molar-refractivity contribution in [3.63, 3.8) is 0 Å². The standard InChI is InChI=1S/C9H15NO4/c1-9(2,3)14-8(12)10-5-4-7(11)6-13-10/h4-6H2,1-3H3. The third kappa shape index (κ3) is 3.33. The highest BCUT2D eigenvalue weighted by atomic mass is 16.7. The Hall–Kier alpha value is -1.10. The summed E-state index contributed by atoms with van der Waals surface area (Å²) in [4.78, 5) is 27.1. The van der Waals surface area contributed by atoms with Crippen molar-refractivity contribution in [2.24, 2.45) is 0 Å². The zero-order valence-electron chi connectivity index (χ0n) is 8.70. The van der Waals surface area contributed by atoms with Gasteiger partial charge in [0.05, 0.1) is 6.54 Å². The molecule has 0 unspecified atom stereocenters. The monoisotopic (exact) mass is 201 g/mol. The predicted octanol–water partition coefficient (Wildman–Crippen LogP) is 1.13. The number of ether oxygens (including phenoxy) is 1. The number of amides is 1. The minimum atomic E-state index is -0.540. The van der Waals surface area contributed by atoms with Gasteiger partial charge in [-0.3, -0.25) is 9.63 Å². The number of rotatable bonds is 0. The molecule has 0 N–H and O–H groups in total. The molecular formula is C9H15NO4. The first kappa shape index (κ1) is 11.0. The van der Waals surface area contributed by atoms with Crippen LogP contribution in [0, 0.1) is 0 Å². The van der Waals surface area contributed by atoms with Crippen molar-refractivity contribution in [3.8, 4) is 0 Å². The van der Waals surface area contributed by atoms with Crippen LogP contribution in [0.5, 0.6) is 0 Å². The summed E-state index contributed by atoms with van der Waals surface area (Å²) in [5.74, 6) is 0.00445. The second-order valence-corrected chi connectivity index (χ2v) is 4.14. The normalized spacial score (nSPS) is 18.2. The first-order valence-corrected chi connectivity index (χ1v) is 4.53. The molecule has 0 saturated carbocycles. The van der Waals surface area contributed by atoms with Crippen LogP contribution in [0.15, 0.2) is 0 Å². The molecule has 0 atom stereocenters. The van der Waals surface area contributed by atoms with Crippen LogP contribution in [0.2, 0.25) is 0 Å². The molecule has 5 heteroatoms. The zero-order valence-corrected chi connectivity index (χ0v) is 8.70. The van der Waals surface area contributed by atoms with Gasteiger partial charge in [-0.05, 0) is 20.8 Å². The van der Waals surface area contributed by atoms with E-state index in [1.54, 1.807) is 20.8 Å². The molecule has 0 aromatic heterocycles.